The van der Waals surface area contributed by atoms with E-state index in [0.29, 0.717) is 23.8 Å². The fourth-order valence-corrected chi connectivity index (χ4v) is 5.02. The van der Waals surface area contributed by atoms with Crippen molar-refractivity contribution in [3.8, 4) is 0 Å². The van der Waals surface area contributed by atoms with Gasteiger partial charge in [0.2, 0.25) is 5.91 Å². The lowest BCUT2D eigenvalue weighted by Gasteiger charge is -2.22. The van der Waals surface area contributed by atoms with E-state index in [2.05, 4.69) is 4.90 Å². The predicted octanol–water partition coefficient (Wildman–Crippen LogP) is 4.10. The minimum absolute atomic E-state index is 0.151. The molecule has 1 aromatic heterocycles. The number of carbonyl (C=O) groups excluding carboxylic acids is 3. The minimum Gasteiger partial charge on any atom is -0.441 e. The van der Waals surface area contributed by atoms with Crippen molar-refractivity contribution < 1.29 is 18.8 Å². The molecule has 8 heteroatoms. The number of anilines is 1. The van der Waals surface area contributed by atoms with Crippen molar-refractivity contribution in [3.05, 3.63) is 22.8 Å². The van der Waals surface area contributed by atoms with E-state index in [1.807, 2.05) is 12.1 Å². The van der Waals surface area contributed by atoms with Gasteiger partial charge in [0, 0.05) is 38.3 Å². The fourth-order valence-electron chi connectivity index (χ4n) is 4.20. The van der Waals surface area contributed by atoms with Crippen LogP contribution in [0.1, 0.15) is 57.1 Å². The highest BCUT2D eigenvalue weighted by molar-refractivity contribution is 8.18. The van der Waals surface area contributed by atoms with E-state index < -0.39 is 11.1 Å². The van der Waals surface area contributed by atoms with Crippen molar-refractivity contribution in [2.45, 2.75) is 51.4 Å². The molecule has 30 heavy (non-hydrogen) atoms. The number of furan rings is 1. The van der Waals surface area contributed by atoms with Gasteiger partial charge < -0.3 is 14.2 Å². The Morgan fingerprint density at radius 1 is 0.933 bits per heavy atom. The smallest absolute Gasteiger partial charge is 0.294 e. The van der Waals surface area contributed by atoms with Crippen LogP contribution in [0.3, 0.4) is 0 Å². The standard InChI is InChI=1S/C22H29N3O4S/c26-19(23-11-5-1-2-6-12-23)16-25-21(27)18(30-22(25)28)15-17-9-10-20(29-17)24-13-7-3-4-8-14-24/h9-10,15H,1-8,11-14,16H2/b18-15-. The molecular formula is C22H29N3O4S. The van der Waals surface area contributed by atoms with Crippen LogP contribution >= 0.6 is 11.8 Å². The maximum Gasteiger partial charge on any atom is 0.294 e. The van der Waals surface area contributed by atoms with Crippen molar-refractivity contribution in [1.82, 2.24) is 9.80 Å². The summed E-state index contributed by atoms with van der Waals surface area (Å²) in [6, 6.07) is 3.75. The zero-order chi connectivity index (χ0) is 20.9. The molecule has 0 saturated carbocycles. The Morgan fingerprint density at radius 2 is 1.57 bits per heavy atom. The lowest BCUT2D eigenvalue weighted by Crippen LogP contribution is -2.42. The van der Waals surface area contributed by atoms with Crippen LogP contribution in [0.2, 0.25) is 0 Å². The van der Waals surface area contributed by atoms with Gasteiger partial charge in [-0.05, 0) is 43.5 Å². The Balaban J connectivity index is 1.40. The molecule has 0 aliphatic carbocycles. The third kappa shape index (κ3) is 4.91. The Hall–Kier alpha value is -2.22. The van der Waals surface area contributed by atoms with Crippen LogP contribution < -0.4 is 4.90 Å². The molecule has 162 valence electrons. The van der Waals surface area contributed by atoms with Crippen molar-refractivity contribution in [2.24, 2.45) is 0 Å². The molecule has 1 aromatic rings. The van der Waals surface area contributed by atoms with Crippen molar-refractivity contribution in [3.63, 3.8) is 0 Å². The number of likely N-dealkylation sites (tertiary alicyclic amines) is 1. The molecule has 0 atom stereocenters. The molecule has 3 aliphatic rings. The number of amides is 3. The summed E-state index contributed by atoms with van der Waals surface area (Å²) in [6.45, 7) is 3.18. The highest BCUT2D eigenvalue weighted by atomic mass is 32.2. The normalized spacial score (nSPS) is 22.5. The lowest BCUT2D eigenvalue weighted by molar-refractivity contribution is -0.135. The Bertz CT molecular complexity index is 818. The molecule has 0 aromatic carbocycles. The first-order valence-corrected chi connectivity index (χ1v) is 11.8. The molecule has 4 heterocycles. The van der Waals surface area contributed by atoms with Crippen LogP contribution in [0.4, 0.5) is 10.7 Å². The number of hydrogen-bond acceptors (Lipinski definition) is 6. The molecule has 3 amide bonds. The molecule has 0 bridgehead atoms. The van der Waals surface area contributed by atoms with Crippen LogP contribution in [0.5, 0.6) is 0 Å². The van der Waals surface area contributed by atoms with E-state index in [0.717, 1.165) is 74.2 Å². The molecule has 4 rings (SSSR count). The van der Waals surface area contributed by atoms with Crippen LogP contribution in [-0.4, -0.2) is 59.6 Å². The van der Waals surface area contributed by atoms with E-state index >= 15 is 0 Å². The Morgan fingerprint density at radius 3 is 2.23 bits per heavy atom. The number of nitrogens with zero attached hydrogens (tertiary/aromatic N) is 3. The molecule has 0 spiro atoms. The number of rotatable bonds is 4. The topological polar surface area (TPSA) is 74.1 Å². The molecule has 0 unspecified atom stereocenters. The second-order valence-corrected chi connectivity index (χ2v) is 9.13. The van der Waals surface area contributed by atoms with Crippen LogP contribution in [0.15, 0.2) is 21.5 Å². The maximum absolute atomic E-state index is 12.8. The highest BCUT2D eigenvalue weighted by Crippen LogP contribution is 2.33. The lowest BCUT2D eigenvalue weighted by atomic mass is 10.2. The molecule has 3 aliphatic heterocycles. The van der Waals surface area contributed by atoms with Gasteiger partial charge in [-0.15, -0.1) is 0 Å². The van der Waals surface area contributed by atoms with Crippen LogP contribution in [0.25, 0.3) is 6.08 Å². The first kappa shape index (κ1) is 21.0. The van der Waals surface area contributed by atoms with Crippen LogP contribution in [-0.2, 0) is 9.59 Å². The quantitative estimate of drug-likeness (QED) is 0.668. The maximum atomic E-state index is 12.8. The van der Waals surface area contributed by atoms with Gasteiger partial charge in [-0.2, -0.15) is 0 Å². The van der Waals surface area contributed by atoms with E-state index in [1.165, 1.54) is 12.8 Å². The van der Waals surface area contributed by atoms with Gasteiger partial charge >= 0.3 is 0 Å². The fraction of sp³-hybridized carbons (Fsp3) is 0.591. The van der Waals surface area contributed by atoms with Gasteiger partial charge in [-0.3, -0.25) is 19.3 Å². The summed E-state index contributed by atoms with van der Waals surface area (Å²) in [5.41, 5.74) is 0. The summed E-state index contributed by atoms with van der Waals surface area (Å²) in [6.07, 6.45) is 10.6. The molecular weight excluding hydrogens is 402 g/mol. The largest absolute Gasteiger partial charge is 0.441 e. The Labute approximate surface area is 181 Å². The summed E-state index contributed by atoms with van der Waals surface area (Å²) < 4.78 is 5.93. The van der Waals surface area contributed by atoms with Gasteiger partial charge in [0.1, 0.15) is 12.3 Å². The van der Waals surface area contributed by atoms with Gasteiger partial charge in [-0.25, -0.2) is 0 Å². The van der Waals surface area contributed by atoms with E-state index in [-0.39, 0.29) is 12.5 Å². The molecule has 3 fully saturated rings. The van der Waals surface area contributed by atoms with Gasteiger partial charge in [0.15, 0.2) is 5.88 Å². The number of thioether (sulfide) groups is 1. The zero-order valence-corrected chi connectivity index (χ0v) is 18.1. The Kier molecular flexibility index (Phi) is 6.82. The van der Waals surface area contributed by atoms with Crippen molar-refractivity contribution in [1.29, 1.82) is 0 Å². The molecule has 3 saturated heterocycles. The summed E-state index contributed by atoms with van der Waals surface area (Å²) in [7, 11) is 0. The highest BCUT2D eigenvalue weighted by Gasteiger charge is 2.37. The SMILES string of the molecule is O=C(CN1C(=O)S/C(=C\c2ccc(N3CCCCCC3)o2)C1=O)N1CCCCCC1. The van der Waals surface area contributed by atoms with Gasteiger partial charge in [0.25, 0.3) is 11.1 Å². The second kappa shape index (κ2) is 9.73. The molecule has 0 N–H and O–H groups in total. The van der Waals surface area contributed by atoms with Crippen molar-refractivity contribution in [2.75, 3.05) is 37.6 Å². The van der Waals surface area contributed by atoms with E-state index in [4.69, 9.17) is 4.42 Å². The monoisotopic (exact) mass is 431 g/mol. The van der Waals surface area contributed by atoms with Gasteiger partial charge in [0.05, 0.1) is 4.91 Å². The number of imide groups is 1. The van der Waals surface area contributed by atoms with Gasteiger partial charge in [-0.1, -0.05) is 25.7 Å². The van der Waals surface area contributed by atoms with E-state index in [9.17, 15) is 14.4 Å². The van der Waals surface area contributed by atoms with Crippen LogP contribution in [0, 0.1) is 0 Å². The summed E-state index contributed by atoms with van der Waals surface area (Å²) in [5, 5.41) is -0.395. The van der Waals surface area contributed by atoms with E-state index in [1.54, 1.807) is 11.0 Å². The number of carbonyl (C=O) groups is 3. The third-order valence-corrected chi connectivity index (χ3v) is 6.84. The summed E-state index contributed by atoms with van der Waals surface area (Å²) >= 11 is 0.872. The molecule has 7 nitrogen and oxygen atoms in total. The predicted molar refractivity (Wildman–Crippen MR) is 117 cm³/mol. The first-order valence-electron chi connectivity index (χ1n) is 11.0. The molecule has 0 radical (unpaired) electrons. The summed E-state index contributed by atoms with van der Waals surface area (Å²) in [4.78, 5) is 43.1. The number of hydrogen-bond donors (Lipinski definition) is 0. The van der Waals surface area contributed by atoms with Crippen molar-refractivity contribution >= 4 is 40.8 Å². The summed E-state index contributed by atoms with van der Waals surface area (Å²) in [5.74, 6) is 0.792. The first-order chi connectivity index (χ1) is 14.6. The average molecular weight is 432 g/mol. The minimum atomic E-state index is -0.416. The third-order valence-electron chi connectivity index (χ3n) is 5.93. The average Bonchev–Trinajstić information content (AvgIpc) is 3.06. The second-order valence-electron chi connectivity index (χ2n) is 8.14. The zero-order valence-electron chi connectivity index (χ0n) is 17.3.